The van der Waals surface area contributed by atoms with Crippen molar-refractivity contribution in [2.24, 2.45) is 5.10 Å². The van der Waals surface area contributed by atoms with E-state index in [1.165, 1.54) is 11.8 Å². The van der Waals surface area contributed by atoms with Crippen molar-refractivity contribution < 1.29 is 9.53 Å². The Morgan fingerprint density at radius 2 is 1.87 bits per heavy atom. The van der Waals surface area contributed by atoms with Crippen molar-refractivity contribution in [2.75, 3.05) is 12.9 Å². The number of aryl methyl sites for hydroxylation is 1. The van der Waals surface area contributed by atoms with Crippen LogP contribution in [0.1, 0.15) is 11.1 Å². The Hall–Kier alpha value is -3.38. The van der Waals surface area contributed by atoms with Gasteiger partial charge >= 0.3 is 0 Å². The summed E-state index contributed by atoms with van der Waals surface area (Å²) in [6.07, 6.45) is 1.63. The second kappa shape index (κ2) is 8.97. The summed E-state index contributed by atoms with van der Waals surface area (Å²) in [6.45, 7) is 2.05. The molecule has 0 saturated carbocycles. The van der Waals surface area contributed by atoms with Crippen LogP contribution < -0.4 is 10.2 Å². The molecule has 1 N–H and O–H groups in total. The number of carbonyl (C=O) groups excluding carboxylic acids is 1. The molecular weight excluding hydrogens is 394 g/mol. The van der Waals surface area contributed by atoms with Crippen LogP contribution in [-0.4, -0.2) is 30.0 Å². The van der Waals surface area contributed by atoms with Crippen molar-refractivity contribution in [1.82, 2.24) is 10.4 Å². The summed E-state index contributed by atoms with van der Waals surface area (Å²) >= 11 is 1.39. The average molecular weight is 416 g/mol. The maximum atomic E-state index is 12.3. The number of nitrogens with one attached hydrogen (secondary N) is 1. The summed E-state index contributed by atoms with van der Waals surface area (Å²) in [7, 11) is 1.62. The van der Waals surface area contributed by atoms with Gasteiger partial charge in [0.15, 0.2) is 0 Å². The van der Waals surface area contributed by atoms with Gasteiger partial charge in [-0.1, -0.05) is 60.3 Å². The number of benzene rings is 3. The topological polar surface area (TPSA) is 63.6 Å². The number of carbonyl (C=O) groups is 1. The van der Waals surface area contributed by atoms with E-state index in [1.54, 1.807) is 13.3 Å². The molecule has 0 unspecified atom stereocenters. The van der Waals surface area contributed by atoms with Gasteiger partial charge in [-0.2, -0.15) is 5.10 Å². The Labute approximate surface area is 179 Å². The molecule has 0 fully saturated rings. The van der Waals surface area contributed by atoms with Crippen LogP contribution >= 0.6 is 11.8 Å². The van der Waals surface area contributed by atoms with E-state index in [0.717, 1.165) is 37.8 Å². The van der Waals surface area contributed by atoms with E-state index in [1.807, 2.05) is 60.7 Å². The number of amides is 1. The lowest BCUT2D eigenvalue weighted by Crippen LogP contribution is -2.19. The number of rotatable bonds is 6. The van der Waals surface area contributed by atoms with Gasteiger partial charge in [-0.15, -0.1) is 0 Å². The molecule has 0 radical (unpaired) electrons. The fraction of sp³-hybridized carbons (Fsp3) is 0.125. The monoisotopic (exact) mass is 415 g/mol. The zero-order valence-electron chi connectivity index (χ0n) is 16.8. The number of methoxy groups -OCH3 is 1. The van der Waals surface area contributed by atoms with Crippen LogP contribution in [0.4, 0.5) is 0 Å². The number of nitrogens with zero attached hydrogens (tertiary/aromatic N) is 2. The molecule has 0 saturated heterocycles. The average Bonchev–Trinajstić information content (AvgIpc) is 2.78. The van der Waals surface area contributed by atoms with Crippen LogP contribution in [0.2, 0.25) is 0 Å². The predicted octanol–water partition coefficient (Wildman–Crippen LogP) is 4.95. The minimum atomic E-state index is -0.192. The molecule has 0 aliphatic rings. The Morgan fingerprint density at radius 1 is 1.10 bits per heavy atom. The Kier molecular flexibility index (Phi) is 5.95. The van der Waals surface area contributed by atoms with Crippen LogP contribution in [0.25, 0.3) is 21.7 Å². The van der Waals surface area contributed by atoms with Gasteiger partial charge in [0.05, 0.1) is 29.6 Å². The van der Waals surface area contributed by atoms with Crippen molar-refractivity contribution >= 4 is 45.6 Å². The van der Waals surface area contributed by atoms with E-state index in [2.05, 4.69) is 28.5 Å². The van der Waals surface area contributed by atoms with Crippen LogP contribution in [-0.2, 0) is 4.79 Å². The van der Waals surface area contributed by atoms with Crippen LogP contribution in [0.15, 0.2) is 76.9 Å². The third-order valence-corrected chi connectivity index (χ3v) is 5.70. The summed E-state index contributed by atoms with van der Waals surface area (Å²) in [5, 5.41) is 8.18. The Balaban J connectivity index is 1.43. The lowest BCUT2D eigenvalue weighted by molar-refractivity contribution is -0.118. The molecule has 3 aromatic carbocycles. The van der Waals surface area contributed by atoms with E-state index in [4.69, 9.17) is 4.74 Å². The third kappa shape index (κ3) is 4.28. The van der Waals surface area contributed by atoms with Crippen molar-refractivity contribution in [3.05, 3.63) is 77.9 Å². The van der Waals surface area contributed by atoms with Gasteiger partial charge in [0.25, 0.3) is 0 Å². The van der Waals surface area contributed by atoms with Crippen molar-refractivity contribution in [2.45, 2.75) is 11.9 Å². The molecule has 1 aromatic heterocycles. The highest BCUT2D eigenvalue weighted by molar-refractivity contribution is 7.99. The van der Waals surface area contributed by atoms with Gasteiger partial charge < -0.3 is 4.74 Å². The zero-order valence-corrected chi connectivity index (χ0v) is 17.6. The van der Waals surface area contributed by atoms with Gasteiger partial charge in [0.1, 0.15) is 5.75 Å². The van der Waals surface area contributed by atoms with Crippen LogP contribution in [0, 0.1) is 6.92 Å². The molecular formula is C24H21N3O2S. The number of fused-ring (bicyclic) bond motifs is 2. The number of para-hydroxylation sites is 1. The highest BCUT2D eigenvalue weighted by Crippen LogP contribution is 2.26. The molecule has 30 heavy (non-hydrogen) atoms. The number of thioether (sulfide) groups is 1. The minimum Gasteiger partial charge on any atom is -0.496 e. The van der Waals surface area contributed by atoms with Crippen molar-refractivity contribution in [1.29, 1.82) is 0 Å². The number of ether oxygens (including phenoxy) is 1. The van der Waals surface area contributed by atoms with Crippen LogP contribution in [0.5, 0.6) is 5.75 Å². The maximum Gasteiger partial charge on any atom is 0.250 e. The standard InChI is InChI=1S/C24H21N3O2S/c1-16-13-24(26-21-10-6-5-8-18(16)21)30-15-23(28)27-25-14-20-19-9-4-3-7-17(19)11-12-22(20)29-2/h3-14H,15H2,1-2H3,(H,27,28)/b25-14+. The number of hydrazone groups is 1. The van der Waals surface area contributed by atoms with Gasteiger partial charge in [0.2, 0.25) is 5.91 Å². The fourth-order valence-electron chi connectivity index (χ4n) is 3.32. The van der Waals surface area contributed by atoms with Gasteiger partial charge in [0, 0.05) is 10.9 Å². The van der Waals surface area contributed by atoms with E-state index < -0.39 is 0 Å². The first-order valence-corrected chi connectivity index (χ1v) is 10.5. The number of aromatic nitrogens is 1. The molecule has 1 amide bonds. The summed E-state index contributed by atoms with van der Waals surface area (Å²) in [4.78, 5) is 16.9. The predicted molar refractivity (Wildman–Crippen MR) is 123 cm³/mol. The first-order chi connectivity index (χ1) is 14.7. The second-order valence-electron chi connectivity index (χ2n) is 6.78. The molecule has 6 heteroatoms. The van der Waals surface area contributed by atoms with Crippen molar-refractivity contribution in [3.63, 3.8) is 0 Å². The maximum absolute atomic E-state index is 12.3. The molecule has 1 heterocycles. The molecule has 5 nitrogen and oxygen atoms in total. The number of hydrogen-bond donors (Lipinski definition) is 1. The van der Waals surface area contributed by atoms with E-state index in [9.17, 15) is 4.79 Å². The van der Waals surface area contributed by atoms with E-state index in [-0.39, 0.29) is 11.7 Å². The molecule has 150 valence electrons. The first-order valence-electron chi connectivity index (χ1n) is 9.52. The second-order valence-corrected chi connectivity index (χ2v) is 7.77. The molecule has 0 atom stereocenters. The minimum absolute atomic E-state index is 0.192. The van der Waals surface area contributed by atoms with Crippen LogP contribution in [0.3, 0.4) is 0 Å². The quantitative estimate of drug-likeness (QED) is 0.275. The Bertz CT molecular complexity index is 1250. The smallest absolute Gasteiger partial charge is 0.250 e. The lowest BCUT2D eigenvalue weighted by Gasteiger charge is -2.08. The largest absolute Gasteiger partial charge is 0.496 e. The number of pyridine rings is 1. The molecule has 4 rings (SSSR count). The lowest BCUT2D eigenvalue weighted by atomic mass is 10.0. The van der Waals surface area contributed by atoms with Gasteiger partial charge in [-0.25, -0.2) is 10.4 Å². The SMILES string of the molecule is COc1ccc2ccccc2c1/C=N/NC(=O)CSc1cc(C)c2ccccc2n1. The highest BCUT2D eigenvalue weighted by atomic mass is 32.2. The summed E-state index contributed by atoms with van der Waals surface area (Å²) in [5.74, 6) is 0.745. The molecule has 0 aliphatic carbocycles. The molecule has 0 bridgehead atoms. The first kappa shape index (κ1) is 19.9. The number of hydrogen-bond acceptors (Lipinski definition) is 5. The molecule has 0 aliphatic heterocycles. The molecule has 0 spiro atoms. The van der Waals surface area contributed by atoms with Gasteiger partial charge in [-0.3, -0.25) is 4.79 Å². The summed E-state index contributed by atoms with van der Waals surface area (Å²) < 4.78 is 5.45. The third-order valence-electron chi connectivity index (χ3n) is 4.78. The molecule has 4 aromatic rings. The normalized spacial score (nSPS) is 11.3. The van der Waals surface area contributed by atoms with Crippen molar-refractivity contribution in [3.8, 4) is 5.75 Å². The van der Waals surface area contributed by atoms with E-state index >= 15 is 0 Å². The fourth-order valence-corrected chi connectivity index (χ4v) is 4.09. The van der Waals surface area contributed by atoms with Gasteiger partial charge in [-0.05, 0) is 41.5 Å². The van der Waals surface area contributed by atoms with E-state index in [0.29, 0.717) is 5.75 Å². The summed E-state index contributed by atoms with van der Waals surface area (Å²) in [5.41, 5.74) is 5.50. The highest BCUT2D eigenvalue weighted by Gasteiger charge is 2.08. The Morgan fingerprint density at radius 3 is 2.70 bits per heavy atom. The summed E-state index contributed by atoms with van der Waals surface area (Å²) in [6, 6.07) is 21.9. The zero-order chi connectivity index (χ0) is 20.9.